The van der Waals surface area contributed by atoms with E-state index < -0.39 is 12.0 Å². The predicted octanol–water partition coefficient (Wildman–Crippen LogP) is 1.50. The molecule has 2 aliphatic heterocycles. The fourth-order valence-corrected chi connectivity index (χ4v) is 3.95. The smallest absolute Gasteiger partial charge is 0.327 e. The van der Waals surface area contributed by atoms with E-state index in [1.54, 1.807) is 0 Å². The van der Waals surface area contributed by atoms with Gasteiger partial charge in [0.1, 0.15) is 6.04 Å². The van der Waals surface area contributed by atoms with Crippen LogP contribution in [0, 0.1) is 0 Å². The van der Waals surface area contributed by atoms with Gasteiger partial charge in [-0.1, -0.05) is 6.92 Å². The second-order valence-corrected chi connectivity index (χ2v) is 6.34. The molecule has 114 valence electrons. The molecule has 2 heterocycles. The summed E-state index contributed by atoms with van der Waals surface area (Å²) in [6.07, 6.45) is 3.96. The lowest BCUT2D eigenvalue weighted by atomic mass is 10.1. The van der Waals surface area contributed by atoms with Crippen LogP contribution in [-0.2, 0) is 9.53 Å². The molecule has 6 nitrogen and oxygen atoms in total. The van der Waals surface area contributed by atoms with E-state index in [0.717, 1.165) is 32.3 Å². The van der Waals surface area contributed by atoms with Gasteiger partial charge in [-0.2, -0.15) is 0 Å². The van der Waals surface area contributed by atoms with Crippen LogP contribution in [0.15, 0.2) is 0 Å². The summed E-state index contributed by atoms with van der Waals surface area (Å²) >= 11 is 1.53. The normalized spacial score (nSPS) is 30.2. The maximum Gasteiger partial charge on any atom is 0.327 e. The molecule has 7 heteroatoms. The topological polar surface area (TPSA) is 78.9 Å². The average molecular weight is 302 g/mol. The summed E-state index contributed by atoms with van der Waals surface area (Å²) in [5.74, 6) is -0.473. The van der Waals surface area contributed by atoms with Crippen LogP contribution < -0.4 is 5.32 Å². The van der Waals surface area contributed by atoms with E-state index in [-0.39, 0.29) is 17.5 Å². The van der Waals surface area contributed by atoms with Crippen LogP contribution in [0.1, 0.15) is 32.6 Å². The Morgan fingerprint density at radius 1 is 1.45 bits per heavy atom. The van der Waals surface area contributed by atoms with Gasteiger partial charge in [0.05, 0.1) is 11.5 Å². The second kappa shape index (κ2) is 7.17. The zero-order chi connectivity index (χ0) is 14.5. The van der Waals surface area contributed by atoms with E-state index in [1.807, 2.05) is 6.92 Å². The largest absolute Gasteiger partial charge is 0.480 e. The SMILES string of the molecule is CCC1SCC(C(=O)O)N1C(=O)NCC1CCCCO1. The summed E-state index contributed by atoms with van der Waals surface area (Å²) in [4.78, 5) is 24.9. The maximum absolute atomic E-state index is 12.3. The first-order valence-electron chi connectivity index (χ1n) is 7.15. The van der Waals surface area contributed by atoms with Gasteiger partial charge in [-0.3, -0.25) is 4.90 Å². The molecular weight excluding hydrogens is 280 g/mol. The standard InChI is InChI=1S/C13H22N2O4S/c1-2-11-15(10(8-20-11)12(16)17)13(18)14-7-9-5-3-4-6-19-9/h9-11H,2-8H2,1H3,(H,14,18)(H,16,17). The Hall–Kier alpha value is -0.950. The van der Waals surface area contributed by atoms with Crippen molar-refractivity contribution >= 4 is 23.8 Å². The molecule has 0 aromatic carbocycles. The fourth-order valence-electron chi connectivity index (χ4n) is 2.60. The number of amides is 2. The molecule has 0 aromatic rings. The number of carboxylic acid groups (broad SMARTS) is 1. The highest BCUT2D eigenvalue weighted by Crippen LogP contribution is 2.31. The van der Waals surface area contributed by atoms with Gasteiger partial charge in [0.2, 0.25) is 0 Å². The van der Waals surface area contributed by atoms with Gasteiger partial charge in [0, 0.05) is 18.9 Å². The highest BCUT2D eigenvalue weighted by Gasteiger charge is 2.40. The van der Waals surface area contributed by atoms with Crippen molar-refractivity contribution in [3.8, 4) is 0 Å². The number of urea groups is 1. The molecule has 20 heavy (non-hydrogen) atoms. The summed E-state index contributed by atoms with van der Waals surface area (Å²) in [5.41, 5.74) is 0. The van der Waals surface area contributed by atoms with Crippen LogP contribution in [0.3, 0.4) is 0 Å². The fraction of sp³-hybridized carbons (Fsp3) is 0.846. The number of hydrogen-bond acceptors (Lipinski definition) is 4. The zero-order valence-corrected chi connectivity index (χ0v) is 12.5. The van der Waals surface area contributed by atoms with Gasteiger partial charge >= 0.3 is 12.0 Å². The molecule has 3 unspecified atom stereocenters. The first-order valence-corrected chi connectivity index (χ1v) is 8.20. The number of aliphatic carboxylic acids is 1. The molecule has 2 amide bonds. The van der Waals surface area contributed by atoms with E-state index in [9.17, 15) is 14.7 Å². The number of carbonyl (C=O) groups is 2. The molecule has 0 saturated carbocycles. The predicted molar refractivity (Wildman–Crippen MR) is 76.8 cm³/mol. The number of nitrogens with zero attached hydrogens (tertiary/aromatic N) is 1. The van der Waals surface area contributed by atoms with E-state index in [4.69, 9.17) is 4.74 Å². The van der Waals surface area contributed by atoms with Crippen LogP contribution in [-0.4, -0.2) is 58.4 Å². The summed E-state index contributed by atoms with van der Waals surface area (Å²) in [7, 11) is 0. The van der Waals surface area contributed by atoms with Gasteiger partial charge in [0.25, 0.3) is 0 Å². The minimum absolute atomic E-state index is 0.0524. The molecular formula is C13H22N2O4S. The highest BCUT2D eigenvalue weighted by molar-refractivity contribution is 8.00. The van der Waals surface area contributed by atoms with Gasteiger partial charge in [0.15, 0.2) is 0 Å². The number of hydrogen-bond donors (Lipinski definition) is 2. The van der Waals surface area contributed by atoms with Gasteiger partial charge in [-0.15, -0.1) is 11.8 Å². The maximum atomic E-state index is 12.3. The summed E-state index contributed by atoms with van der Waals surface area (Å²) in [5, 5.41) is 12.0. The summed E-state index contributed by atoms with van der Waals surface area (Å²) < 4.78 is 5.56. The Balaban J connectivity index is 1.89. The van der Waals surface area contributed by atoms with Crippen molar-refractivity contribution in [1.29, 1.82) is 0 Å². The van der Waals surface area contributed by atoms with Crippen molar-refractivity contribution in [2.24, 2.45) is 0 Å². The van der Waals surface area contributed by atoms with E-state index in [1.165, 1.54) is 16.7 Å². The third-order valence-corrected chi connectivity index (χ3v) is 5.17. The van der Waals surface area contributed by atoms with Gasteiger partial charge in [-0.25, -0.2) is 9.59 Å². The van der Waals surface area contributed by atoms with Crippen molar-refractivity contribution in [3.63, 3.8) is 0 Å². The van der Waals surface area contributed by atoms with Crippen molar-refractivity contribution in [3.05, 3.63) is 0 Å². The molecule has 2 aliphatic rings. The van der Waals surface area contributed by atoms with Crippen molar-refractivity contribution in [2.45, 2.75) is 50.1 Å². The lowest BCUT2D eigenvalue weighted by Gasteiger charge is -2.28. The van der Waals surface area contributed by atoms with Crippen LogP contribution in [0.2, 0.25) is 0 Å². The van der Waals surface area contributed by atoms with E-state index in [0.29, 0.717) is 12.3 Å². The summed E-state index contributed by atoms with van der Waals surface area (Å²) in [6, 6.07) is -1.01. The minimum atomic E-state index is -0.933. The molecule has 0 aromatic heterocycles. The molecule has 0 spiro atoms. The number of carbonyl (C=O) groups excluding carboxylic acids is 1. The van der Waals surface area contributed by atoms with Crippen molar-refractivity contribution in [1.82, 2.24) is 10.2 Å². The third-order valence-electron chi connectivity index (χ3n) is 3.72. The van der Waals surface area contributed by atoms with Crippen LogP contribution in [0.4, 0.5) is 4.79 Å². The number of nitrogens with one attached hydrogen (secondary N) is 1. The van der Waals surface area contributed by atoms with Gasteiger partial charge < -0.3 is 15.2 Å². The highest BCUT2D eigenvalue weighted by atomic mass is 32.2. The molecule has 2 N–H and O–H groups in total. The Bertz CT molecular complexity index is 360. The Kier molecular flexibility index (Phi) is 5.54. The molecule has 2 rings (SSSR count). The average Bonchev–Trinajstić information content (AvgIpc) is 2.90. The van der Waals surface area contributed by atoms with E-state index in [2.05, 4.69) is 5.32 Å². The number of ether oxygens (including phenoxy) is 1. The van der Waals surface area contributed by atoms with Crippen molar-refractivity contribution < 1.29 is 19.4 Å². The second-order valence-electron chi connectivity index (χ2n) is 5.13. The van der Waals surface area contributed by atoms with E-state index >= 15 is 0 Å². The Labute approximate surface area is 123 Å². The quantitative estimate of drug-likeness (QED) is 0.823. The molecule has 0 radical (unpaired) electrons. The molecule has 0 aliphatic carbocycles. The Morgan fingerprint density at radius 2 is 2.25 bits per heavy atom. The number of thioether (sulfide) groups is 1. The van der Waals surface area contributed by atoms with Crippen LogP contribution >= 0.6 is 11.8 Å². The molecule has 0 bridgehead atoms. The van der Waals surface area contributed by atoms with Gasteiger partial charge in [-0.05, 0) is 25.7 Å². The van der Waals surface area contributed by atoms with Crippen LogP contribution in [0.25, 0.3) is 0 Å². The third kappa shape index (κ3) is 3.58. The summed E-state index contributed by atoms with van der Waals surface area (Å²) in [6.45, 7) is 3.17. The monoisotopic (exact) mass is 302 g/mol. The lowest BCUT2D eigenvalue weighted by molar-refractivity contribution is -0.141. The lowest BCUT2D eigenvalue weighted by Crippen LogP contribution is -2.51. The molecule has 2 fully saturated rings. The number of rotatable bonds is 4. The Morgan fingerprint density at radius 3 is 2.85 bits per heavy atom. The number of carboxylic acids is 1. The van der Waals surface area contributed by atoms with Crippen LogP contribution in [0.5, 0.6) is 0 Å². The van der Waals surface area contributed by atoms with Crippen molar-refractivity contribution in [2.75, 3.05) is 18.9 Å². The first kappa shape index (κ1) is 15.4. The first-order chi connectivity index (χ1) is 9.63. The molecule has 2 saturated heterocycles. The molecule has 3 atom stereocenters. The zero-order valence-electron chi connectivity index (χ0n) is 11.7. The minimum Gasteiger partial charge on any atom is -0.480 e.